The van der Waals surface area contributed by atoms with E-state index < -0.39 is 0 Å². The molecule has 0 spiro atoms. The highest BCUT2D eigenvalue weighted by atomic mass is 35.5. The number of amides is 1. The van der Waals surface area contributed by atoms with Gasteiger partial charge in [-0.1, -0.05) is 18.2 Å². The van der Waals surface area contributed by atoms with Gasteiger partial charge < -0.3 is 5.32 Å². The van der Waals surface area contributed by atoms with Crippen LogP contribution in [0.4, 0.5) is 8.78 Å². The van der Waals surface area contributed by atoms with Gasteiger partial charge >= 0.3 is 0 Å². The molecule has 1 aliphatic rings. The van der Waals surface area contributed by atoms with Gasteiger partial charge in [0, 0.05) is 56.9 Å². The molecule has 1 saturated heterocycles. The van der Waals surface area contributed by atoms with Crippen LogP contribution in [-0.2, 0) is 6.54 Å². The fourth-order valence-corrected chi connectivity index (χ4v) is 3.07. The molecule has 1 fully saturated rings. The third-order valence-corrected chi connectivity index (χ3v) is 4.64. The number of benzene rings is 2. The molecule has 0 atom stereocenters. The first-order valence-electron chi connectivity index (χ1n) is 8.84. The second kappa shape index (κ2) is 12.0. The van der Waals surface area contributed by atoms with Gasteiger partial charge in [0.1, 0.15) is 11.6 Å². The normalized spacial score (nSPS) is 14.6. The van der Waals surface area contributed by atoms with Crippen LogP contribution in [-0.4, -0.2) is 55.0 Å². The minimum atomic E-state index is -0.352. The molecule has 0 bridgehead atoms. The zero-order chi connectivity index (χ0) is 18.4. The van der Waals surface area contributed by atoms with Crippen molar-refractivity contribution in [2.24, 2.45) is 0 Å². The smallest absolute Gasteiger partial charge is 0.251 e. The summed E-state index contributed by atoms with van der Waals surface area (Å²) in [6, 6.07) is 12.4. The van der Waals surface area contributed by atoms with E-state index in [0.29, 0.717) is 18.7 Å². The summed E-state index contributed by atoms with van der Waals surface area (Å²) < 4.78 is 26.6. The predicted molar refractivity (Wildman–Crippen MR) is 111 cm³/mol. The number of hydrogen-bond donors (Lipinski definition) is 1. The van der Waals surface area contributed by atoms with Crippen molar-refractivity contribution in [2.45, 2.75) is 6.54 Å². The summed E-state index contributed by atoms with van der Waals surface area (Å²) in [5, 5.41) is 2.86. The highest BCUT2D eigenvalue weighted by molar-refractivity contribution is 5.94. The van der Waals surface area contributed by atoms with Crippen LogP contribution in [0.1, 0.15) is 15.9 Å². The summed E-state index contributed by atoms with van der Waals surface area (Å²) in [5.74, 6) is -0.698. The zero-order valence-electron chi connectivity index (χ0n) is 15.4. The largest absolute Gasteiger partial charge is 0.351 e. The van der Waals surface area contributed by atoms with Crippen LogP contribution >= 0.6 is 24.8 Å². The van der Waals surface area contributed by atoms with E-state index >= 15 is 0 Å². The fourth-order valence-electron chi connectivity index (χ4n) is 3.07. The second-order valence-electron chi connectivity index (χ2n) is 6.47. The maximum atomic E-state index is 13.7. The highest BCUT2D eigenvalue weighted by Gasteiger charge is 2.18. The molecule has 1 aliphatic heterocycles. The van der Waals surface area contributed by atoms with Gasteiger partial charge in [-0.15, -0.1) is 24.8 Å². The molecule has 8 heteroatoms. The van der Waals surface area contributed by atoms with Gasteiger partial charge in [-0.2, -0.15) is 0 Å². The molecule has 0 aliphatic carbocycles. The number of carbonyl (C=O) groups excluding carboxylic acids is 1. The first-order valence-corrected chi connectivity index (χ1v) is 8.84. The first-order chi connectivity index (χ1) is 12.6. The van der Waals surface area contributed by atoms with Gasteiger partial charge in [-0.05, 0) is 30.3 Å². The van der Waals surface area contributed by atoms with Gasteiger partial charge in [0.05, 0.1) is 0 Å². The summed E-state index contributed by atoms with van der Waals surface area (Å²) >= 11 is 0. The van der Waals surface area contributed by atoms with Gasteiger partial charge in [-0.25, -0.2) is 8.78 Å². The lowest BCUT2D eigenvalue weighted by atomic mass is 10.2. The van der Waals surface area contributed by atoms with Crippen molar-refractivity contribution in [1.82, 2.24) is 15.1 Å². The minimum Gasteiger partial charge on any atom is -0.351 e. The van der Waals surface area contributed by atoms with Gasteiger partial charge in [0.2, 0.25) is 0 Å². The Morgan fingerprint density at radius 1 is 0.893 bits per heavy atom. The standard InChI is InChI=1S/C20H23F2N3O.2ClH/c21-18-7-5-16(6-8-18)20(26)23-9-10-24-11-13-25(14-12-24)15-17-3-1-2-4-19(17)22;;/h1-8H,9-15H2,(H,23,26);2*1H. The van der Waals surface area contributed by atoms with E-state index in [-0.39, 0.29) is 42.4 Å². The van der Waals surface area contributed by atoms with Crippen LogP contribution in [0.5, 0.6) is 0 Å². The Morgan fingerprint density at radius 2 is 1.50 bits per heavy atom. The number of nitrogens with zero attached hydrogens (tertiary/aromatic N) is 2. The fraction of sp³-hybridized carbons (Fsp3) is 0.350. The maximum absolute atomic E-state index is 13.7. The van der Waals surface area contributed by atoms with Gasteiger partial charge in [0.25, 0.3) is 5.91 Å². The third-order valence-electron chi connectivity index (χ3n) is 4.64. The van der Waals surface area contributed by atoms with Crippen molar-refractivity contribution >= 4 is 30.7 Å². The Kier molecular flexibility index (Phi) is 10.4. The van der Waals surface area contributed by atoms with Crippen molar-refractivity contribution in [3.05, 3.63) is 71.3 Å². The van der Waals surface area contributed by atoms with Crippen molar-refractivity contribution in [3.63, 3.8) is 0 Å². The lowest BCUT2D eigenvalue weighted by Crippen LogP contribution is -2.48. The average Bonchev–Trinajstić information content (AvgIpc) is 2.65. The summed E-state index contributed by atoms with van der Waals surface area (Å²) in [5.41, 5.74) is 1.19. The summed E-state index contributed by atoms with van der Waals surface area (Å²) in [6.45, 7) is 5.47. The summed E-state index contributed by atoms with van der Waals surface area (Å²) in [6.07, 6.45) is 0. The average molecular weight is 432 g/mol. The zero-order valence-corrected chi connectivity index (χ0v) is 17.1. The van der Waals surface area contributed by atoms with Crippen LogP contribution in [0, 0.1) is 11.6 Å². The van der Waals surface area contributed by atoms with E-state index in [0.717, 1.165) is 38.3 Å². The molecule has 0 unspecified atom stereocenters. The van der Waals surface area contributed by atoms with Crippen molar-refractivity contribution in [2.75, 3.05) is 39.3 Å². The number of piperazine rings is 1. The van der Waals surface area contributed by atoms with Crippen molar-refractivity contribution in [1.29, 1.82) is 0 Å². The molecular formula is C20H25Cl2F2N3O. The molecule has 2 aromatic rings. The van der Waals surface area contributed by atoms with E-state index in [9.17, 15) is 13.6 Å². The second-order valence-corrected chi connectivity index (χ2v) is 6.47. The van der Waals surface area contributed by atoms with Crippen LogP contribution < -0.4 is 5.32 Å². The number of hydrogen-bond acceptors (Lipinski definition) is 3. The molecule has 3 rings (SSSR count). The predicted octanol–water partition coefficient (Wildman–Crippen LogP) is 3.36. The number of halogens is 4. The van der Waals surface area contributed by atoms with Crippen LogP contribution in [0.15, 0.2) is 48.5 Å². The Morgan fingerprint density at radius 3 is 2.14 bits per heavy atom. The molecule has 1 heterocycles. The molecule has 28 heavy (non-hydrogen) atoms. The SMILES string of the molecule is Cl.Cl.O=C(NCCN1CCN(Cc2ccccc2F)CC1)c1ccc(F)cc1. The molecule has 4 nitrogen and oxygen atoms in total. The van der Waals surface area contributed by atoms with Gasteiger partial charge in [0.15, 0.2) is 0 Å². The molecule has 0 radical (unpaired) electrons. The highest BCUT2D eigenvalue weighted by Crippen LogP contribution is 2.12. The molecule has 0 aromatic heterocycles. The lowest BCUT2D eigenvalue weighted by molar-refractivity contribution is 0.0934. The topological polar surface area (TPSA) is 35.6 Å². The van der Waals surface area contributed by atoms with E-state index in [1.807, 2.05) is 12.1 Å². The number of nitrogens with one attached hydrogen (secondary N) is 1. The Bertz CT molecular complexity index is 738. The molecule has 154 valence electrons. The Balaban J connectivity index is 0.00000196. The van der Waals surface area contributed by atoms with E-state index in [1.165, 1.54) is 30.3 Å². The van der Waals surface area contributed by atoms with Crippen molar-refractivity contribution < 1.29 is 13.6 Å². The van der Waals surface area contributed by atoms with Crippen LogP contribution in [0.2, 0.25) is 0 Å². The molecule has 2 aromatic carbocycles. The van der Waals surface area contributed by atoms with Crippen molar-refractivity contribution in [3.8, 4) is 0 Å². The quantitative estimate of drug-likeness (QED) is 0.761. The number of carbonyl (C=O) groups is 1. The van der Waals surface area contributed by atoms with Gasteiger partial charge in [-0.3, -0.25) is 14.6 Å². The molecule has 0 saturated carbocycles. The summed E-state index contributed by atoms with van der Waals surface area (Å²) in [4.78, 5) is 16.5. The summed E-state index contributed by atoms with van der Waals surface area (Å²) in [7, 11) is 0. The van der Waals surface area contributed by atoms with E-state index in [2.05, 4.69) is 15.1 Å². The maximum Gasteiger partial charge on any atom is 0.251 e. The van der Waals surface area contributed by atoms with Crippen LogP contribution in [0.3, 0.4) is 0 Å². The van der Waals surface area contributed by atoms with E-state index in [4.69, 9.17) is 0 Å². The minimum absolute atomic E-state index is 0. The molecule has 1 amide bonds. The monoisotopic (exact) mass is 431 g/mol. The number of rotatable bonds is 6. The van der Waals surface area contributed by atoms with Crippen LogP contribution in [0.25, 0.3) is 0 Å². The van der Waals surface area contributed by atoms with E-state index in [1.54, 1.807) is 6.07 Å². The molecule has 1 N–H and O–H groups in total. The first kappa shape index (κ1) is 24.3. The third kappa shape index (κ3) is 7.02. The Hall–Kier alpha value is -1.73. The Labute approximate surface area is 176 Å². The molecular weight excluding hydrogens is 407 g/mol. The lowest BCUT2D eigenvalue weighted by Gasteiger charge is -2.34.